The van der Waals surface area contributed by atoms with Gasteiger partial charge in [0.05, 0.1) is 13.2 Å². The quantitative estimate of drug-likeness (QED) is 0.416. The van der Waals surface area contributed by atoms with Crippen molar-refractivity contribution in [3.63, 3.8) is 0 Å². The molecule has 3 rings (SSSR count). The minimum atomic E-state index is 0.566. The van der Waals surface area contributed by atoms with Crippen molar-refractivity contribution in [3.8, 4) is 23.3 Å². The highest BCUT2D eigenvalue weighted by Gasteiger charge is 2.20. The molecule has 0 aliphatic heterocycles. The third kappa shape index (κ3) is 7.75. The molecule has 0 bridgehead atoms. The Bertz CT molecular complexity index is 678. The molecular formula is C28H40O2. The van der Waals surface area contributed by atoms with Crippen LogP contribution in [0, 0.1) is 35.5 Å². The largest absolute Gasteiger partial charge is 0.494 e. The lowest BCUT2D eigenvalue weighted by molar-refractivity contribution is 0.196. The van der Waals surface area contributed by atoms with E-state index >= 15 is 0 Å². The maximum absolute atomic E-state index is 6.00. The molecule has 0 aromatic heterocycles. The molecule has 0 heterocycles. The van der Waals surface area contributed by atoms with Crippen LogP contribution in [0.2, 0.25) is 0 Å². The molecule has 0 amide bonds. The molecule has 2 heteroatoms. The topological polar surface area (TPSA) is 18.5 Å². The lowest BCUT2D eigenvalue weighted by atomic mass is 9.80. The third-order valence-corrected chi connectivity index (χ3v) is 6.79. The zero-order chi connectivity index (χ0) is 21.0. The summed E-state index contributed by atoms with van der Waals surface area (Å²) in [6.45, 7) is 5.82. The molecular weight excluding hydrogens is 368 g/mol. The van der Waals surface area contributed by atoms with Crippen LogP contribution >= 0.6 is 0 Å². The second-order valence-corrected chi connectivity index (χ2v) is 9.15. The molecule has 2 aliphatic carbocycles. The standard InChI is InChI=1S/C28H40O2/c1-3-7-23-10-12-24(13-11-23)8-5-6-9-25-14-16-26(17-15-25)22-30-28-20-18-27(19-21-28)29-4-2/h5,8,18-21,23-26H,3-4,7,10-17,22H2,1-2H3/t23-,24-,25-,26-. The van der Waals surface area contributed by atoms with E-state index in [0.29, 0.717) is 18.4 Å². The van der Waals surface area contributed by atoms with Crippen LogP contribution in [0.3, 0.4) is 0 Å². The van der Waals surface area contributed by atoms with Gasteiger partial charge in [0, 0.05) is 5.92 Å². The molecule has 2 aliphatic rings. The van der Waals surface area contributed by atoms with Crippen molar-refractivity contribution in [2.75, 3.05) is 13.2 Å². The number of allylic oxidation sites excluding steroid dienone is 2. The Labute approximate surface area is 184 Å². The monoisotopic (exact) mass is 408 g/mol. The Morgan fingerprint density at radius 1 is 0.833 bits per heavy atom. The normalized spacial score (nSPS) is 26.7. The molecule has 0 spiro atoms. The molecule has 0 saturated heterocycles. The predicted molar refractivity (Wildman–Crippen MR) is 126 cm³/mol. The summed E-state index contributed by atoms with van der Waals surface area (Å²) in [5.74, 6) is 11.7. The van der Waals surface area contributed by atoms with Crippen molar-refractivity contribution < 1.29 is 9.47 Å². The van der Waals surface area contributed by atoms with Crippen LogP contribution in [0.1, 0.15) is 78.1 Å². The smallest absolute Gasteiger partial charge is 0.119 e. The van der Waals surface area contributed by atoms with Gasteiger partial charge < -0.3 is 9.47 Å². The van der Waals surface area contributed by atoms with Gasteiger partial charge in [-0.1, -0.05) is 37.7 Å². The Morgan fingerprint density at radius 3 is 2.10 bits per heavy atom. The summed E-state index contributed by atoms with van der Waals surface area (Å²) in [4.78, 5) is 0. The molecule has 0 radical (unpaired) electrons. The number of benzene rings is 1. The lowest BCUT2D eigenvalue weighted by Crippen LogP contribution is -2.19. The van der Waals surface area contributed by atoms with Gasteiger partial charge in [-0.25, -0.2) is 0 Å². The van der Waals surface area contributed by atoms with Crippen molar-refractivity contribution >= 4 is 0 Å². The Balaban J connectivity index is 1.31. The van der Waals surface area contributed by atoms with E-state index in [1.807, 2.05) is 31.2 Å². The van der Waals surface area contributed by atoms with Gasteiger partial charge in [0.2, 0.25) is 0 Å². The minimum Gasteiger partial charge on any atom is -0.494 e. The molecule has 164 valence electrons. The van der Waals surface area contributed by atoms with E-state index in [9.17, 15) is 0 Å². The summed E-state index contributed by atoms with van der Waals surface area (Å²) in [7, 11) is 0. The predicted octanol–water partition coefficient (Wildman–Crippen LogP) is 7.44. The molecule has 1 aromatic carbocycles. The fourth-order valence-corrected chi connectivity index (χ4v) is 4.91. The lowest BCUT2D eigenvalue weighted by Gasteiger charge is -2.26. The van der Waals surface area contributed by atoms with Crippen molar-refractivity contribution in [1.29, 1.82) is 0 Å². The minimum absolute atomic E-state index is 0.566. The van der Waals surface area contributed by atoms with E-state index in [1.165, 1.54) is 64.2 Å². The van der Waals surface area contributed by atoms with Gasteiger partial charge in [-0.3, -0.25) is 0 Å². The molecule has 2 saturated carbocycles. The first-order chi connectivity index (χ1) is 14.8. The Kier molecular flexibility index (Phi) is 9.68. The summed E-state index contributed by atoms with van der Waals surface area (Å²) in [6, 6.07) is 7.97. The average Bonchev–Trinajstić information content (AvgIpc) is 2.78. The first-order valence-corrected chi connectivity index (χ1v) is 12.3. The van der Waals surface area contributed by atoms with Crippen molar-refractivity contribution in [3.05, 3.63) is 36.4 Å². The van der Waals surface area contributed by atoms with Crippen LogP contribution in [-0.4, -0.2) is 13.2 Å². The third-order valence-electron chi connectivity index (χ3n) is 6.79. The first kappa shape index (κ1) is 22.8. The van der Waals surface area contributed by atoms with Crippen molar-refractivity contribution in [1.82, 2.24) is 0 Å². The highest BCUT2D eigenvalue weighted by Crippen LogP contribution is 2.32. The molecule has 2 fully saturated rings. The highest BCUT2D eigenvalue weighted by molar-refractivity contribution is 5.31. The average molecular weight is 409 g/mol. The maximum Gasteiger partial charge on any atom is 0.119 e. The van der Waals surface area contributed by atoms with Crippen molar-refractivity contribution in [2.24, 2.45) is 23.7 Å². The van der Waals surface area contributed by atoms with Crippen LogP contribution in [0.4, 0.5) is 0 Å². The Hall–Kier alpha value is -1.88. The second-order valence-electron chi connectivity index (χ2n) is 9.15. The fraction of sp³-hybridized carbons (Fsp3) is 0.643. The van der Waals surface area contributed by atoms with Crippen LogP contribution < -0.4 is 9.47 Å². The Morgan fingerprint density at radius 2 is 1.47 bits per heavy atom. The molecule has 0 atom stereocenters. The summed E-state index contributed by atoms with van der Waals surface area (Å²) in [5, 5.41) is 0. The number of hydrogen-bond acceptors (Lipinski definition) is 2. The van der Waals surface area contributed by atoms with E-state index in [-0.39, 0.29) is 0 Å². The van der Waals surface area contributed by atoms with Crippen LogP contribution in [0.5, 0.6) is 11.5 Å². The number of ether oxygens (including phenoxy) is 2. The van der Waals surface area contributed by atoms with E-state index in [0.717, 1.165) is 29.9 Å². The molecule has 0 unspecified atom stereocenters. The highest BCUT2D eigenvalue weighted by atomic mass is 16.5. The summed E-state index contributed by atoms with van der Waals surface area (Å²) < 4.78 is 11.5. The van der Waals surface area contributed by atoms with Crippen LogP contribution in [0.25, 0.3) is 0 Å². The fourth-order valence-electron chi connectivity index (χ4n) is 4.91. The van der Waals surface area contributed by atoms with Crippen LogP contribution in [0.15, 0.2) is 36.4 Å². The summed E-state index contributed by atoms with van der Waals surface area (Å²) in [5.41, 5.74) is 0. The van der Waals surface area contributed by atoms with Crippen LogP contribution in [-0.2, 0) is 0 Å². The maximum atomic E-state index is 6.00. The molecule has 2 nitrogen and oxygen atoms in total. The first-order valence-electron chi connectivity index (χ1n) is 12.3. The van der Waals surface area contributed by atoms with Crippen molar-refractivity contribution in [2.45, 2.75) is 78.1 Å². The summed E-state index contributed by atoms with van der Waals surface area (Å²) in [6.07, 6.45) is 17.7. The molecule has 0 N–H and O–H groups in total. The number of hydrogen-bond donors (Lipinski definition) is 0. The van der Waals surface area contributed by atoms with E-state index in [1.54, 1.807) is 0 Å². The van der Waals surface area contributed by atoms with Gasteiger partial charge in [0.15, 0.2) is 0 Å². The van der Waals surface area contributed by atoms with E-state index in [4.69, 9.17) is 9.47 Å². The summed E-state index contributed by atoms with van der Waals surface area (Å²) >= 11 is 0. The van der Waals surface area contributed by atoms with Gasteiger partial charge >= 0.3 is 0 Å². The van der Waals surface area contributed by atoms with Gasteiger partial charge in [-0.15, -0.1) is 0 Å². The SMILES string of the molecule is CCC[C@H]1CC[C@H](C=CC#C[C@H]2CC[C@H](COc3ccc(OCC)cc3)CC2)CC1. The van der Waals surface area contributed by atoms with E-state index in [2.05, 4.69) is 30.9 Å². The zero-order valence-electron chi connectivity index (χ0n) is 19.1. The van der Waals surface area contributed by atoms with Gasteiger partial charge in [-0.2, -0.15) is 0 Å². The van der Waals surface area contributed by atoms with Gasteiger partial charge in [0.1, 0.15) is 11.5 Å². The zero-order valence-corrected chi connectivity index (χ0v) is 19.1. The molecule has 1 aromatic rings. The van der Waals surface area contributed by atoms with Gasteiger partial charge in [0.25, 0.3) is 0 Å². The number of rotatable bonds is 8. The molecule has 30 heavy (non-hydrogen) atoms. The van der Waals surface area contributed by atoms with Gasteiger partial charge in [-0.05, 0) is 106 Å². The van der Waals surface area contributed by atoms with E-state index < -0.39 is 0 Å². The second kappa shape index (κ2) is 12.7.